The average Bonchev–Trinajstić information content (AvgIpc) is 2.60. The molecule has 0 aliphatic heterocycles. The summed E-state index contributed by atoms with van der Waals surface area (Å²) in [4.78, 5) is 12.3. The Balaban J connectivity index is 2.26. The van der Waals surface area contributed by atoms with Crippen LogP contribution >= 0.6 is 15.9 Å². The fraction of sp³-hybridized carbons (Fsp3) is 0.167. The van der Waals surface area contributed by atoms with Gasteiger partial charge in [0.15, 0.2) is 0 Å². The Labute approximate surface area is 161 Å². The lowest BCUT2D eigenvalue weighted by Crippen LogP contribution is -2.22. The maximum atomic E-state index is 12.3. The quantitative estimate of drug-likeness (QED) is 0.701. The fourth-order valence-corrected chi connectivity index (χ4v) is 3.46. The summed E-state index contributed by atoms with van der Waals surface area (Å²) >= 11 is 3.37. The number of halogens is 1. The maximum absolute atomic E-state index is 12.3. The summed E-state index contributed by atoms with van der Waals surface area (Å²) in [5.74, 6) is -0.0328. The molecule has 0 unspecified atom stereocenters. The number of carbonyl (C=O) groups excluding carboxylic acids is 1. The molecule has 138 valence electrons. The third-order valence-electron chi connectivity index (χ3n) is 3.48. The van der Waals surface area contributed by atoms with Gasteiger partial charge < -0.3 is 10.1 Å². The summed E-state index contributed by atoms with van der Waals surface area (Å²) in [7, 11) is 0.716. The SMILES string of the molecule is COc1ccc(S(=O)(=O)N(C)C)cc1NC(=O)/C=C/c1cccc(Br)c1. The van der Waals surface area contributed by atoms with Gasteiger partial charge in [0, 0.05) is 24.6 Å². The minimum Gasteiger partial charge on any atom is -0.495 e. The summed E-state index contributed by atoms with van der Waals surface area (Å²) in [6.45, 7) is 0. The lowest BCUT2D eigenvalue weighted by atomic mass is 10.2. The van der Waals surface area contributed by atoms with Crippen LogP contribution in [0.1, 0.15) is 5.56 Å². The van der Waals surface area contributed by atoms with E-state index in [1.165, 1.54) is 45.5 Å². The van der Waals surface area contributed by atoms with Gasteiger partial charge in [-0.3, -0.25) is 4.79 Å². The lowest BCUT2D eigenvalue weighted by Gasteiger charge is -2.14. The van der Waals surface area contributed by atoms with Crippen molar-refractivity contribution < 1.29 is 17.9 Å². The molecule has 0 aliphatic carbocycles. The smallest absolute Gasteiger partial charge is 0.248 e. The molecule has 2 aromatic carbocycles. The van der Waals surface area contributed by atoms with Gasteiger partial charge >= 0.3 is 0 Å². The van der Waals surface area contributed by atoms with Gasteiger partial charge in [-0.1, -0.05) is 28.1 Å². The van der Waals surface area contributed by atoms with E-state index < -0.39 is 15.9 Å². The second kappa shape index (κ2) is 8.48. The van der Waals surface area contributed by atoms with E-state index in [1.54, 1.807) is 6.08 Å². The molecule has 0 saturated carbocycles. The van der Waals surface area contributed by atoms with Crippen LogP contribution < -0.4 is 10.1 Å². The molecule has 0 bridgehead atoms. The number of hydrogen-bond donors (Lipinski definition) is 1. The summed E-state index contributed by atoms with van der Waals surface area (Å²) in [6.07, 6.45) is 3.03. The third-order valence-corrected chi connectivity index (χ3v) is 5.79. The number of rotatable bonds is 6. The Morgan fingerprint density at radius 3 is 2.54 bits per heavy atom. The van der Waals surface area contributed by atoms with E-state index in [4.69, 9.17) is 4.74 Å². The summed E-state index contributed by atoms with van der Waals surface area (Å²) in [5, 5.41) is 2.65. The molecule has 0 radical (unpaired) electrons. The van der Waals surface area contributed by atoms with Crippen LogP contribution in [-0.4, -0.2) is 39.8 Å². The Bertz CT molecular complexity index is 940. The van der Waals surface area contributed by atoms with E-state index in [0.717, 1.165) is 14.3 Å². The van der Waals surface area contributed by atoms with E-state index in [-0.39, 0.29) is 10.6 Å². The average molecular weight is 439 g/mol. The molecule has 0 aromatic heterocycles. The van der Waals surface area contributed by atoms with Crippen molar-refractivity contribution in [2.24, 2.45) is 0 Å². The summed E-state index contributed by atoms with van der Waals surface area (Å²) in [6, 6.07) is 11.8. The van der Waals surface area contributed by atoms with Gasteiger partial charge in [0.1, 0.15) is 5.75 Å². The van der Waals surface area contributed by atoms with Crippen molar-refractivity contribution in [1.29, 1.82) is 0 Å². The van der Waals surface area contributed by atoms with E-state index in [1.807, 2.05) is 24.3 Å². The van der Waals surface area contributed by atoms with Gasteiger partial charge in [-0.2, -0.15) is 0 Å². The molecular formula is C18H19BrN2O4S. The highest BCUT2D eigenvalue weighted by atomic mass is 79.9. The number of hydrogen-bond acceptors (Lipinski definition) is 4. The molecular weight excluding hydrogens is 420 g/mol. The predicted molar refractivity (Wildman–Crippen MR) is 106 cm³/mol. The van der Waals surface area contributed by atoms with Crippen LogP contribution in [0.4, 0.5) is 5.69 Å². The molecule has 0 aliphatic rings. The van der Waals surface area contributed by atoms with Crippen LogP contribution in [-0.2, 0) is 14.8 Å². The maximum Gasteiger partial charge on any atom is 0.248 e. The molecule has 6 nitrogen and oxygen atoms in total. The highest BCUT2D eigenvalue weighted by molar-refractivity contribution is 9.10. The van der Waals surface area contributed by atoms with E-state index in [9.17, 15) is 13.2 Å². The van der Waals surface area contributed by atoms with Gasteiger partial charge in [0.25, 0.3) is 0 Å². The van der Waals surface area contributed by atoms with Crippen molar-refractivity contribution in [2.45, 2.75) is 4.90 Å². The Morgan fingerprint density at radius 1 is 1.19 bits per heavy atom. The first-order valence-corrected chi connectivity index (χ1v) is 9.82. The van der Waals surface area contributed by atoms with Crippen LogP contribution in [0, 0.1) is 0 Å². The zero-order valence-electron chi connectivity index (χ0n) is 14.6. The molecule has 1 amide bonds. The standard InChI is InChI=1S/C18H19BrN2O4S/c1-21(2)26(23,24)15-8-9-17(25-3)16(12-15)20-18(22)10-7-13-5-4-6-14(19)11-13/h4-12H,1-3H3,(H,20,22)/b10-7+. The van der Waals surface area contributed by atoms with Crippen molar-refractivity contribution >= 4 is 43.6 Å². The molecule has 0 heterocycles. The highest BCUT2D eigenvalue weighted by Crippen LogP contribution is 2.28. The van der Waals surface area contributed by atoms with E-state index >= 15 is 0 Å². The zero-order valence-corrected chi connectivity index (χ0v) is 17.0. The number of sulfonamides is 1. The van der Waals surface area contributed by atoms with Crippen LogP contribution in [0.15, 0.2) is 57.9 Å². The van der Waals surface area contributed by atoms with Crippen molar-refractivity contribution in [3.8, 4) is 5.75 Å². The van der Waals surface area contributed by atoms with Gasteiger partial charge in [-0.05, 0) is 42.0 Å². The Morgan fingerprint density at radius 2 is 1.92 bits per heavy atom. The van der Waals surface area contributed by atoms with Crippen molar-refractivity contribution in [1.82, 2.24) is 4.31 Å². The van der Waals surface area contributed by atoms with E-state index in [0.29, 0.717) is 5.75 Å². The molecule has 8 heteroatoms. The summed E-state index contributed by atoms with van der Waals surface area (Å²) in [5.41, 5.74) is 1.13. The number of methoxy groups -OCH3 is 1. The number of ether oxygens (including phenoxy) is 1. The second-order valence-electron chi connectivity index (χ2n) is 5.53. The first-order valence-electron chi connectivity index (χ1n) is 7.59. The number of carbonyl (C=O) groups is 1. The van der Waals surface area contributed by atoms with Gasteiger partial charge in [0.2, 0.25) is 15.9 Å². The molecule has 26 heavy (non-hydrogen) atoms. The first kappa shape index (κ1) is 20.2. The molecule has 0 saturated heterocycles. The molecule has 0 fully saturated rings. The van der Waals surface area contributed by atoms with Gasteiger partial charge in [-0.15, -0.1) is 0 Å². The van der Waals surface area contributed by atoms with Crippen molar-refractivity contribution in [3.05, 3.63) is 58.6 Å². The second-order valence-corrected chi connectivity index (χ2v) is 8.59. The number of nitrogens with zero attached hydrogens (tertiary/aromatic N) is 1. The molecule has 0 spiro atoms. The largest absolute Gasteiger partial charge is 0.495 e. The molecule has 0 atom stereocenters. The van der Waals surface area contributed by atoms with Crippen LogP contribution in [0.2, 0.25) is 0 Å². The highest BCUT2D eigenvalue weighted by Gasteiger charge is 2.19. The normalized spacial score (nSPS) is 11.7. The van der Waals surface area contributed by atoms with Crippen LogP contribution in [0.25, 0.3) is 6.08 Å². The van der Waals surface area contributed by atoms with Crippen molar-refractivity contribution in [3.63, 3.8) is 0 Å². The summed E-state index contributed by atoms with van der Waals surface area (Å²) < 4.78 is 31.7. The van der Waals surface area contributed by atoms with E-state index in [2.05, 4.69) is 21.2 Å². The third kappa shape index (κ3) is 4.94. The number of amides is 1. The van der Waals surface area contributed by atoms with Crippen molar-refractivity contribution in [2.75, 3.05) is 26.5 Å². The van der Waals surface area contributed by atoms with Crippen LogP contribution in [0.3, 0.4) is 0 Å². The number of nitrogens with one attached hydrogen (secondary N) is 1. The number of benzene rings is 2. The topological polar surface area (TPSA) is 75.7 Å². The zero-order chi connectivity index (χ0) is 19.3. The van der Waals surface area contributed by atoms with Crippen LogP contribution in [0.5, 0.6) is 5.75 Å². The van der Waals surface area contributed by atoms with Gasteiger partial charge in [-0.25, -0.2) is 12.7 Å². The predicted octanol–water partition coefficient (Wildman–Crippen LogP) is 3.36. The molecule has 1 N–H and O–H groups in total. The fourth-order valence-electron chi connectivity index (χ4n) is 2.11. The first-order chi connectivity index (χ1) is 12.2. The Kier molecular flexibility index (Phi) is 6.57. The van der Waals surface area contributed by atoms with Gasteiger partial charge in [0.05, 0.1) is 17.7 Å². The minimum absolute atomic E-state index is 0.0644. The number of anilines is 1. The minimum atomic E-state index is -3.62. The monoisotopic (exact) mass is 438 g/mol. The molecule has 2 aromatic rings. The molecule has 2 rings (SSSR count). The lowest BCUT2D eigenvalue weighted by molar-refractivity contribution is -0.111. The Hall–Kier alpha value is -2.16.